The van der Waals surface area contributed by atoms with Crippen molar-refractivity contribution in [2.24, 2.45) is 0 Å². The highest BCUT2D eigenvalue weighted by molar-refractivity contribution is 5.89. The summed E-state index contributed by atoms with van der Waals surface area (Å²) in [5.74, 6) is -0.487. The van der Waals surface area contributed by atoms with Crippen molar-refractivity contribution in [2.75, 3.05) is 7.05 Å². The molecule has 4 aromatic rings. The van der Waals surface area contributed by atoms with Gasteiger partial charge in [-0.3, -0.25) is 14.8 Å². The maximum Gasteiger partial charge on any atom is 0.273 e. The van der Waals surface area contributed by atoms with Crippen LogP contribution in [0.15, 0.2) is 47.3 Å². The third-order valence-corrected chi connectivity index (χ3v) is 5.20. The number of aromatic amines is 1. The number of nitrogens with zero attached hydrogens (tertiary/aromatic N) is 4. The van der Waals surface area contributed by atoms with Gasteiger partial charge in [-0.25, -0.2) is 4.39 Å². The maximum atomic E-state index is 14.4. The molecule has 5 rings (SSSR count). The largest absolute Gasteiger partial charge is 0.298 e. The van der Waals surface area contributed by atoms with E-state index in [0.717, 1.165) is 23.3 Å². The van der Waals surface area contributed by atoms with Gasteiger partial charge in [0.2, 0.25) is 0 Å². The lowest BCUT2D eigenvalue weighted by atomic mass is 10.0. The molecule has 6 nitrogen and oxygen atoms in total. The van der Waals surface area contributed by atoms with Gasteiger partial charge in [0.1, 0.15) is 22.7 Å². The van der Waals surface area contributed by atoms with Crippen molar-refractivity contribution >= 4 is 11.0 Å². The molecule has 1 aliphatic heterocycles. The monoisotopic (exact) mass is 375 g/mol. The second-order valence-corrected chi connectivity index (χ2v) is 7.29. The molecule has 0 amide bonds. The van der Waals surface area contributed by atoms with Gasteiger partial charge >= 0.3 is 0 Å². The Bertz CT molecular complexity index is 1270. The summed E-state index contributed by atoms with van der Waals surface area (Å²) >= 11 is 0. The van der Waals surface area contributed by atoms with Crippen LogP contribution in [0, 0.1) is 12.7 Å². The molecule has 1 N–H and O–H groups in total. The minimum atomic E-state index is -0.487. The van der Waals surface area contributed by atoms with Crippen LogP contribution in [0.3, 0.4) is 0 Å². The number of para-hydroxylation sites is 1. The Morgan fingerprint density at radius 3 is 2.75 bits per heavy atom. The topological polar surface area (TPSA) is 66.8 Å². The average molecular weight is 375 g/mol. The molecule has 2 aromatic heterocycles. The Morgan fingerprint density at radius 1 is 1.11 bits per heavy atom. The Morgan fingerprint density at radius 2 is 1.93 bits per heavy atom. The predicted octanol–water partition coefficient (Wildman–Crippen LogP) is 3.17. The van der Waals surface area contributed by atoms with Crippen molar-refractivity contribution in [1.82, 2.24) is 24.9 Å². The van der Waals surface area contributed by atoms with Crippen molar-refractivity contribution in [1.29, 1.82) is 0 Å². The number of hydrogen-bond donors (Lipinski definition) is 1. The molecule has 140 valence electrons. The fraction of sp³-hybridized carbons (Fsp3) is 0.190. The van der Waals surface area contributed by atoms with Crippen LogP contribution in [0.25, 0.3) is 28.0 Å². The lowest BCUT2D eigenvalue weighted by Gasteiger charge is -2.09. The van der Waals surface area contributed by atoms with Gasteiger partial charge < -0.3 is 0 Å². The zero-order valence-electron chi connectivity index (χ0n) is 15.5. The SMILES string of the molecule is Cc1cccc(F)c1-n1nc2c(-c3ccc4c(c3)CN(C)C4)n[nH]c2cc1=O. The second kappa shape index (κ2) is 6.10. The number of nitrogens with one attached hydrogen (secondary N) is 1. The van der Waals surface area contributed by atoms with Gasteiger partial charge in [0.05, 0.1) is 5.52 Å². The zero-order chi connectivity index (χ0) is 19.4. The fourth-order valence-electron chi connectivity index (χ4n) is 3.85. The Hall–Kier alpha value is -3.32. The molecular formula is C21H18FN5O. The first-order valence-corrected chi connectivity index (χ1v) is 9.06. The lowest BCUT2D eigenvalue weighted by Crippen LogP contribution is -2.22. The van der Waals surface area contributed by atoms with Crippen molar-refractivity contribution in [2.45, 2.75) is 20.0 Å². The number of aryl methyl sites for hydroxylation is 1. The first-order valence-electron chi connectivity index (χ1n) is 9.06. The molecule has 3 heterocycles. The van der Waals surface area contributed by atoms with Crippen LogP contribution in [-0.4, -0.2) is 31.9 Å². The van der Waals surface area contributed by atoms with Gasteiger partial charge in [0.25, 0.3) is 5.56 Å². The normalized spacial score (nSPS) is 14.0. The van der Waals surface area contributed by atoms with E-state index in [1.165, 1.54) is 23.3 Å². The summed E-state index contributed by atoms with van der Waals surface area (Å²) in [7, 11) is 2.08. The van der Waals surface area contributed by atoms with E-state index in [2.05, 4.69) is 39.4 Å². The predicted molar refractivity (Wildman–Crippen MR) is 105 cm³/mol. The fourth-order valence-corrected chi connectivity index (χ4v) is 3.85. The van der Waals surface area contributed by atoms with Gasteiger partial charge in [-0.05, 0) is 42.8 Å². The molecule has 0 saturated carbocycles. The number of H-pyrrole nitrogens is 1. The van der Waals surface area contributed by atoms with E-state index in [0.29, 0.717) is 22.3 Å². The Kier molecular flexibility index (Phi) is 3.67. The number of aromatic nitrogens is 4. The average Bonchev–Trinajstić information content (AvgIpc) is 3.23. The van der Waals surface area contributed by atoms with Crippen LogP contribution < -0.4 is 5.56 Å². The number of hydrogen-bond acceptors (Lipinski definition) is 4. The van der Waals surface area contributed by atoms with Crippen LogP contribution in [0.5, 0.6) is 0 Å². The van der Waals surface area contributed by atoms with Gasteiger partial charge in [-0.2, -0.15) is 14.9 Å². The van der Waals surface area contributed by atoms with E-state index in [9.17, 15) is 9.18 Å². The molecule has 0 radical (unpaired) electrons. The summed E-state index contributed by atoms with van der Waals surface area (Å²) in [6.45, 7) is 3.57. The van der Waals surface area contributed by atoms with Gasteiger partial charge in [-0.15, -0.1) is 0 Å². The van der Waals surface area contributed by atoms with Crippen LogP contribution in [0.2, 0.25) is 0 Å². The molecule has 0 unspecified atom stereocenters. The highest BCUT2D eigenvalue weighted by Gasteiger charge is 2.19. The number of halogens is 1. The van der Waals surface area contributed by atoms with Crippen LogP contribution in [0.1, 0.15) is 16.7 Å². The Labute approximate surface area is 160 Å². The molecule has 0 saturated heterocycles. The molecule has 7 heteroatoms. The minimum Gasteiger partial charge on any atom is -0.298 e. The van der Waals surface area contributed by atoms with E-state index >= 15 is 0 Å². The lowest BCUT2D eigenvalue weighted by molar-refractivity contribution is 0.353. The smallest absolute Gasteiger partial charge is 0.273 e. The highest BCUT2D eigenvalue weighted by atomic mass is 19.1. The van der Waals surface area contributed by atoms with Crippen LogP contribution in [-0.2, 0) is 13.1 Å². The van der Waals surface area contributed by atoms with Crippen LogP contribution >= 0.6 is 0 Å². The molecule has 0 aliphatic carbocycles. The second-order valence-electron chi connectivity index (χ2n) is 7.29. The molecule has 2 aromatic carbocycles. The molecule has 28 heavy (non-hydrogen) atoms. The van der Waals surface area contributed by atoms with Crippen molar-refractivity contribution in [3.63, 3.8) is 0 Å². The quantitative estimate of drug-likeness (QED) is 0.584. The first-order chi connectivity index (χ1) is 13.5. The summed E-state index contributed by atoms with van der Waals surface area (Å²) in [6.07, 6.45) is 0. The number of fused-ring (bicyclic) bond motifs is 2. The standard InChI is InChI=1S/C21H18FN5O/c1-12-4-3-5-16(22)21(12)27-18(28)9-17-20(25-27)19(24-23-17)13-6-7-14-10-26(2)11-15(14)8-13/h3-9,23H,10-11H2,1-2H3. The van der Waals surface area contributed by atoms with Crippen molar-refractivity contribution in [3.8, 4) is 16.9 Å². The molecule has 0 bridgehead atoms. The van der Waals surface area contributed by atoms with Gasteiger partial charge in [0, 0.05) is 24.7 Å². The molecular weight excluding hydrogens is 357 g/mol. The summed E-state index contributed by atoms with van der Waals surface area (Å²) < 4.78 is 15.5. The van der Waals surface area contributed by atoms with Crippen LogP contribution in [0.4, 0.5) is 4.39 Å². The van der Waals surface area contributed by atoms with Gasteiger partial charge in [0.15, 0.2) is 0 Å². The summed E-state index contributed by atoms with van der Waals surface area (Å²) in [6, 6.07) is 12.3. The van der Waals surface area contributed by atoms with Gasteiger partial charge in [-0.1, -0.05) is 24.3 Å². The molecule has 0 spiro atoms. The Balaban J connectivity index is 1.71. The van der Waals surface area contributed by atoms with E-state index in [1.807, 2.05) is 6.07 Å². The summed E-state index contributed by atoms with van der Waals surface area (Å²) in [5, 5.41) is 11.7. The van der Waals surface area contributed by atoms with Crippen molar-refractivity contribution in [3.05, 3.63) is 75.3 Å². The number of rotatable bonds is 2. The molecule has 0 atom stereocenters. The maximum absolute atomic E-state index is 14.4. The third kappa shape index (κ3) is 2.55. The van der Waals surface area contributed by atoms with E-state index < -0.39 is 11.4 Å². The van der Waals surface area contributed by atoms with E-state index in [1.54, 1.807) is 19.1 Å². The van der Waals surface area contributed by atoms with Crippen molar-refractivity contribution < 1.29 is 4.39 Å². The highest BCUT2D eigenvalue weighted by Crippen LogP contribution is 2.30. The summed E-state index contributed by atoms with van der Waals surface area (Å²) in [4.78, 5) is 14.8. The molecule has 1 aliphatic rings. The molecule has 0 fully saturated rings. The minimum absolute atomic E-state index is 0.164. The third-order valence-electron chi connectivity index (χ3n) is 5.20. The first kappa shape index (κ1) is 16.8. The van der Waals surface area contributed by atoms with E-state index in [-0.39, 0.29) is 5.69 Å². The zero-order valence-corrected chi connectivity index (χ0v) is 15.5. The number of benzene rings is 2. The summed E-state index contributed by atoms with van der Waals surface area (Å²) in [5.41, 5.74) is 5.59. The van der Waals surface area contributed by atoms with E-state index in [4.69, 9.17) is 0 Å².